The fourth-order valence-corrected chi connectivity index (χ4v) is 2.67. The van der Waals surface area contributed by atoms with Crippen molar-refractivity contribution < 1.29 is 29.6 Å². The molecule has 0 radical (unpaired) electrons. The van der Waals surface area contributed by atoms with Gasteiger partial charge in [-0.05, 0) is 12.8 Å². The number of hydrogen-bond acceptors (Lipinski definition) is 6. The molecular formula is C15H22N2O6. The molecule has 1 aliphatic heterocycles. The number of aromatic nitrogens is 1. The molecule has 0 spiro atoms. The molecule has 0 aromatic carbocycles. The average Bonchev–Trinajstić information content (AvgIpc) is 2.53. The number of carboxylic acid groups (broad SMARTS) is 2. The van der Waals surface area contributed by atoms with Crippen LogP contribution in [0.2, 0.25) is 0 Å². The predicted octanol–water partition coefficient (Wildman–Crippen LogP) is 1.47. The molecule has 8 heteroatoms. The number of rotatable bonds is 3. The highest BCUT2D eigenvalue weighted by molar-refractivity contribution is 5.53. The number of ether oxygens (including phenoxy) is 2. The van der Waals surface area contributed by atoms with Gasteiger partial charge in [0.25, 0.3) is 0 Å². The number of nitrogens with one attached hydrogen (secondary N) is 1. The zero-order valence-electron chi connectivity index (χ0n) is 12.8. The zero-order chi connectivity index (χ0) is 16.7. The van der Waals surface area contributed by atoms with Crippen LogP contribution in [0.5, 0.6) is 11.5 Å². The Balaban J connectivity index is 0.000000433. The number of pyridine rings is 1. The third kappa shape index (κ3) is 5.57. The highest BCUT2D eigenvalue weighted by atomic mass is 16.6. The van der Waals surface area contributed by atoms with E-state index in [9.17, 15) is 5.11 Å². The molecular weight excluding hydrogens is 304 g/mol. The lowest BCUT2D eigenvalue weighted by atomic mass is 9.92. The molecule has 1 aromatic rings. The average molecular weight is 326 g/mol. The smallest absolute Gasteiger partial charge is 0.486 e. The quantitative estimate of drug-likeness (QED) is 0.659. The number of fused-ring (bicyclic) bond motifs is 1. The fourth-order valence-electron chi connectivity index (χ4n) is 2.67. The molecule has 1 saturated carbocycles. The van der Waals surface area contributed by atoms with E-state index in [1.807, 2.05) is 6.07 Å². The van der Waals surface area contributed by atoms with E-state index in [1.165, 1.54) is 6.42 Å². The van der Waals surface area contributed by atoms with Crippen molar-refractivity contribution in [3.8, 4) is 11.5 Å². The second kappa shape index (κ2) is 8.54. The summed E-state index contributed by atoms with van der Waals surface area (Å²) in [5, 5.41) is 27.2. The summed E-state index contributed by atoms with van der Waals surface area (Å²) in [5.74, 6) is 1.48. The van der Waals surface area contributed by atoms with Gasteiger partial charge in [0.1, 0.15) is 13.2 Å². The minimum Gasteiger partial charge on any atom is -0.486 e. The molecule has 0 saturated heterocycles. The molecule has 2 atom stereocenters. The van der Waals surface area contributed by atoms with Gasteiger partial charge in [0.15, 0.2) is 11.5 Å². The summed E-state index contributed by atoms with van der Waals surface area (Å²) in [6.45, 7) is 1.82. The number of hydrogen-bond donors (Lipinski definition) is 4. The van der Waals surface area contributed by atoms with Crippen LogP contribution in [0.3, 0.4) is 0 Å². The molecule has 1 aliphatic carbocycles. The molecule has 8 nitrogen and oxygen atoms in total. The van der Waals surface area contributed by atoms with Crippen molar-refractivity contribution in [1.29, 1.82) is 0 Å². The van der Waals surface area contributed by atoms with E-state index >= 15 is 0 Å². The Morgan fingerprint density at radius 1 is 1.22 bits per heavy atom. The second-order valence-electron chi connectivity index (χ2n) is 5.44. The summed E-state index contributed by atoms with van der Waals surface area (Å²) in [4.78, 5) is 12.9. The number of carbonyl (C=O) groups is 1. The van der Waals surface area contributed by atoms with Crippen LogP contribution in [0, 0.1) is 0 Å². The molecule has 1 fully saturated rings. The van der Waals surface area contributed by atoms with Crippen LogP contribution in [0.15, 0.2) is 12.3 Å². The molecule has 0 unspecified atom stereocenters. The van der Waals surface area contributed by atoms with E-state index in [4.69, 9.17) is 24.5 Å². The summed E-state index contributed by atoms with van der Waals surface area (Å²) in [5.41, 5.74) is 0.919. The predicted molar refractivity (Wildman–Crippen MR) is 81.0 cm³/mol. The summed E-state index contributed by atoms with van der Waals surface area (Å²) in [6, 6.07) is 2.10. The van der Waals surface area contributed by atoms with Gasteiger partial charge in [0, 0.05) is 18.7 Å². The van der Waals surface area contributed by atoms with Gasteiger partial charge < -0.3 is 30.1 Å². The molecule has 4 N–H and O–H groups in total. The van der Waals surface area contributed by atoms with Gasteiger partial charge in [-0.3, -0.25) is 4.98 Å². The molecule has 128 valence electrons. The van der Waals surface area contributed by atoms with Gasteiger partial charge in [-0.1, -0.05) is 12.8 Å². The molecule has 2 aliphatic rings. The molecule has 3 rings (SSSR count). The molecule has 0 bridgehead atoms. The summed E-state index contributed by atoms with van der Waals surface area (Å²) in [7, 11) is 0. The second-order valence-corrected chi connectivity index (χ2v) is 5.44. The lowest BCUT2D eigenvalue weighted by Crippen LogP contribution is -2.41. The SMILES string of the molecule is O=C(O)O.O[C@H]1CCCC[C@H]1NCc1cc2c(cn1)OCCO2. The van der Waals surface area contributed by atoms with Gasteiger partial charge >= 0.3 is 6.16 Å². The lowest BCUT2D eigenvalue weighted by molar-refractivity contribution is 0.0900. The Hall–Kier alpha value is -2.06. The highest BCUT2D eigenvalue weighted by Gasteiger charge is 2.22. The van der Waals surface area contributed by atoms with E-state index in [0.29, 0.717) is 25.5 Å². The summed E-state index contributed by atoms with van der Waals surface area (Å²) >= 11 is 0. The van der Waals surface area contributed by atoms with E-state index < -0.39 is 6.16 Å². The van der Waals surface area contributed by atoms with E-state index in [1.54, 1.807) is 6.20 Å². The first kappa shape index (κ1) is 17.3. The van der Waals surface area contributed by atoms with Crippen LogP contribution in [0.1, 0.15) is 31.4 Å². The summed E-state index contributed by atoms with van der Waals surface area (Å²) in [6.07, 6.45) is 3.89. The van der Waals surface area contributed by atoms with Crippen molar-refractivity contribution in [2.24, 2.45) is 0 Å². The fraction of sp³-hybridized carbons (Fsp3) is 0.600. The maximum absolute atomic E-state index is 9.91. The first-order valence-corrected chi connectivity index (χ1v) is 7.64. The van der Waals surface area contributed by atoms with Crippen LogP contribution in [0.25, 0.3) is 0 Å². The molecule has 1 aromatic heterocycles. The standard InChI is InChI=1S/C14H20N2O3.CH2O3/c17-12-4-2-1-3-11(12)16-8-10-7-13-14(9-15-10)19-6-5-18-13;2-1(3)4/h7,9,11-12,16-17H,1-6,8H2;(H2,2,3,4)/t11-,12+;/m1./s1. The van der Waals surface area contributed by atoms with Crippen LogP contribution < -0.4 is 14.8 Å². The first-order chi connectivity index (χ1) is 11.1. The van der Waals surface area contributed by atoms with Crippen LogP contribution in [-0.2, 0) is 6.54 Å². The van der Waals surface area contributed by atoms with Crippen molar-refractivity contribution in [2.45, 2.75) is 44.4 Å². The van der Waals surface area contributed by atoms with E-state index in [2.05, 4.69) is 10.3 Å². The minimum atomic E-state index is -1.83. The van der Waals surface area contributed by atoms with Crippen LogP contribution in [0.4, 0.5) is 4.79 Å². The largest absolute Gasteiger partial charge is 0.503 e. The van der Waals surface area contributed by atoms with Crippen molar-refractivity contribution in [3.05, 3.63) is 18.0 Å². The maximum Gasteiger partial charge on any atom is 0.503 e. The van der Waals surface area contributed by atoms with Crippen LogP contribution in [-0.4, -0.2) is 51.8 Å². The number of aliphatic hydroxyl groups excluding tert-OH is 1. The Morgan fingerprint density at radius 2 is 1.87 bits per heavy atom. The Kier molecular flexibility index (Phi) is 6.42. The van der Waals surface area contributed by atoms with Gasteiger partial charge in [-0.2, -0.15) is 0 Å². The zero-order valence-corrected chi connectivity index (χ0v) is 12.8. The third-order valence-corrected chi connectivity index (χ3v) is 3.76. The first-order valence-electron chi connectivity index (χ1n) is 7.64. The van der Waals surface area contributed by atoms with E-state index in [0.717, 1.165) is 30.7 Å². The molecule has 23 heavy (non-hydrogen) atoms. The van der Waals surface area contributed by atoms with Gasteiger partial charge in [0.2, 0.25) is 0 Å². The van der Waals surface area contributed by atoms with Crippen LogP contribution >= 0.6 is 0 Å². The Bertz CT molecular complexity index is 521. The van der Waals surface area contributed by atoms with Gasteiger partial charge in [-0.15, -0.1) is 0 Å². The van der Waals surface area contributed by atoms with Crippen molar-refractivity contribution in [2.75, 3.05) is 13.2 Å². The van der Waals surface area contributed by atoms with Crippen molar-refractivity contribution in [3.63, 3.8) is 0 Å². The minimum absolute atomic E-state index is 0.184. The topological polar surface area (TPSA) is 121 Å². The Morgan fingerprint density at radius 3 is 2.57 bits per heavy atom. The van der Waals surface area contributed by atoms with E-state index in [-0.39, 0.29) is 12.1 Å². The van der Waals surface area contributed by atoms with Gasteiger partial charge in [0.05, 0.1) is 18.0 Å². The maximum atomic E-state index is 9.91. The molecule has 2 heterocycles. The van der Waals surface area contributed by atoms with Gasteiger partial charge in [-0.25, -0.2) is 4.79 Å². The highest BCUT2D eigenvalue weighted by Crippen LogP contribution is 2.29. The number of aliphatic hydroxyl groups is 1. The third-order valence-electron chi connectivity index (χ3n) is 3.76. The van der Waals surface area contributed by atoms with Crippen molar-refractivity contribution in [1.82, 2.24) is 10.3 Å². The summed E-state index contributed by atoms with van der Waals surface area (Å²) < 4.78 is 11.0. The monoisotopic (exact) mass is 326 g/mol. The van der Waals surface area contributed by atoms with Crippen molar-refractivity contribution >= 4 is 6.16 Å². The molecule has 0 amide bonds. The number of nitrogens with zero attached hydrogens (tertiary/aromatic N) is 1. The normalized spacial score (nSPS) is 22.7. The Labute approximate surface area is 134 Å². The lowest BCUT2D eigenvalue weighted by Gasteiger charge is -2.28.